The third-order valence-corrected chi connectivity index (χ3v) is 5.47. The summed E-state index contributed by atoms with van der Waals surface area (Å²) in [6.45, 7) is 3.18. The van der Waals surface area contributed by atoms with Crippen LogP contribution in [0.15, 0.2) is 18.2 Å². The van der Waals surface area contributed by atoms with Gasteiger partial charge in [-0.2, -0.15) is 0 Å². The Balaban J connectivity index is 1.38. The third-order valence-electron chi connectivity index (χ3n) is 5.23. The summed E-state index contributed by atoms with van der Waals surface area (Å²) in [5.41, 5.74) is 0.895. The van der Waals surface area contributed by atoms with E-state index in [-0.39, 0.29) is 36.4 Å². The predicted molar refractivity (Wildman–Crippen MR) is 103 cm³/mol. The number of amides is 2. The fourth-order valence-electron chi connectivity index (χ4n) is 3.71. The number of hydrogen-bond donors (Lipinski definition) is 2. The summed E-state index contributed by atoms with van der Waals surface area (Å²) in [5.74, 6) is 0.688. The predicted octanol–water partition coefficient (Wildman–Crippen LogP) is 2.61. The first-order valence-corrected chi connectivity index (χ1v) is 9.95. The number of nitrogens with one attached hydrogen (secondary N) is 2. The molecule has 2 atom stereocenters. The molecular formula is C20H27ClN2O4. The number of rotatable bonds is 6. The van der Waals surface area contributed by atoms with Crippen molar-refractivity contribution < 1.29 is 19.1 Å². The molecule has 1 aliphatic carbocycles. The number of hydrogen-bond acceptors (Lipinski definition) is 4. The van der Waals surface area contributed by atoms with Crippen molar-refractivity contribution in [1.29, 1.82) is 0 Å². The van der Waals surface area contributed by atoms with Crippen molar-refractivity contribution in [1.82, 2.24) is 10.6 Å². The Hall–Kier alpha value is -1.79. The van der Waals surface area contributed by atoms with Crippen LogP contribution in [0.5, 0.6) is 5.75 Å². The van der Waals surface area contributed by atoms with Crippen LogP contribution >= 0.6 is 11.6 Å². The van der Waals surface area contributed by atoms with Gasteiger partial charge in [0, 0.05) is 36.2 Å². The second kappa shape index (κ2) is 9.42. The molecule has 2 amide bonds. The van der Waals surface area contributed by atoms with Gasteiger partial charge in [0.05, 0.1) is 0 Å². The van der Waals surface area contributed by atoms with Crippen molar-refractivity contribution in [3.05, 3.63) is 28.8 Å². The maximum atomic E-state index is 12.3. The van der Waals surface area contributed by atoms with E-state index in [2.05, 4.69) is 10.6 Å². The van der Waals surface area contributed by atoms with Gasteiger partial charge in [-0.25, -0.2) is 0 Å². The lowest BCUT2D eigenvalue weighted by Gasteiger charge is -2.23. The van der Waals surface area contributed by atoms with Crippen molar-refractivity contribution >= 4 is 23.4 Å². The number of carbonyl (C=O) groups excluding carboxylic acids is 2. The van der Waals surface area contributed by atoms with Gasteiger partial charge in [-0.15, -0.1) is 0 Å². The van der Waals surface area contributed by atoms with Crippen LogP contribution in [0.3, 0.4) is 0 Å². The Morgan fingerprint density at radius 2 is 1.85 bits per heavy atom. The van der Waals surface area contributed by atoms with Gasteiger partial charge in [-0.3, -0.25) is 9.59 Å². The standard InChI is InChI=1S/C20H27ClN2O4/c1-13-10-15(21)2-5-18(13)27-12-19(24)22-16-3-4-17(11-16)23-20(25)14-6-8-26-9-7-14/h2,5,10,14,16-17H,3-4,6-9,11-12H2,1H3,(H,22,24)(H,23,25)/t16-,17+/m0/s1. The fourth-order valence-corrected chi connectivity index (χ4v) is 3.94. The molecule has 1 heterocycles. The average Bonchev–Trinajstić information content (AvgIpc) is 3.08. The lowest BCUT2D eigenvalue weighted by molar-refractivity contribution is -0.128. The first-order chi connectivity index (χ1) is 13.0. The van der Waals surface area contributed by atoms with E-state index in [4.69, 9.17) is 21.1 Å². The zero-order chi connectivity index (χ0) is 19.2. The Morgan fingerprint density at radius 1 is 1.15 bits per heavy atom. The molecule has 1 aromatic rings. The lowest BCUT2D eigenvalue weighted by atomic mass is 9.99. The monoisotopic (exact) mass is 394 g/mol. The molecule has 3 rings (SSSR count). The Bertz CT molecular complexity index is 676. The normalized spacial score (nSPS) is 23.0. The number of benzene rings is 1. The van der Waals surface area contributed by atoms with Gasteiger partial charge in [0.15, 0.2) is 6.61 Å². The molecule has 0 aromatic heterocycles. The van der Waals surface area contributed by atoms with Crippen LogP contribution in [-0.2, 0) is 14.3 Å². The zero-order valence-corrected chi connectivity index (χ0v) is 16.4. The van der Waals surface area contributed by atoms with E-state index in [1.807, 2.05) is 6.92 Å². The molecule has 1 saturated heterocycles. The van der Waals surface area contributed by atoms with E-state index in [0.717, 1.165) is 37.7 Å². The topological polar surface area (TPSA) is 76.7 Å². The van der Waals surface area contributed by atoms with E-state index < -0.39 is 0 Å². The summed E-state index contributed by atoms with van der Waals surface area (Å²) in [5, 5.41) is 6.78. The van der Waals surface area contributed by atoms with E-state index in [1.165, 1.54) is 0 Å². The second-order valence-corrected chi connectivity index (χ2v) is 7.80. The second-order valence-electron chi connectivity index (χ2n) is 7.37. The van der Waals surface area contributed by atoms with Gasteiger partial charge >= 0.3 is 0 Å². The highest BCUT2D eigenvalue weighted by molar-refractivity contribution is 6.30. The molecular weight excluding hydrogens is 368 g/mol. The maximum absolute atomic E-state index is 12.3. The number of carbonyl (C=O) groups is 2. The SMILES string of the molecule is Cc1cc(Cl)ccc1OCC(=O)N[C@H]1CC[C@@H](NC(=O)C2CCOCC2)C1. The molecule has 1 aliphatic heterocycles. The number of aryl methyl sites for hydroxylation is 1. The molecule has 2 fully saturated rings. The van der Waals surface area contributed by atoms with Crippen LogP contribution in [0, 0.1) is 12.8 Å². The molecule has 1 aromatic carbocycles. The van der Waals surface area contributed by atoms with Gasteiger partial charge in [0.2, 0.25) is 5.91 Å². The van der Waals surface area contributed by atoms with E-state index in [9.17, 15) is 9.59 Å². The zero-order valence-electron chi connectivity index (χ0n) is 15.6. The molecule has 0 radical (unpaired) electrons. The smallest absolute Gasteiger partial charge is 0.258 e. The highest BCUT2D eigenvalue weighted by Gasteiger charge is 2.29. The summed E-state index contributed by atoms with van der Waals surface area (Å²) in [7, 11) is 0. The molecule has 0 bridgehead atoms. The van der Waals surface area contributed by atoms with Crippen LogP contribution in [0.25, 0.3) is 0 Å². The molecule has 1 saturated carbocycles. The summed E-state index contributed by atoms with van der Waals surface area (Å²) in [6, 6.07) is 5.52. The molecule has 2 aliphatic rings. The Morgan fingerprint density at radius 3 is 2.56 bits per heavy atom. The van der Waals surface area contributed by atoms with Crippen LogP contribution in [0.4, 0.5) is 0 Å². The van der Waals surface area contributed by atoms with E-state index >= 15 is 0 Å². The molecule has 27 heavy (non-hydrogen) atoms. The highest BCUT2D eigenvalue weighted by atomic mass is 35.5. The van der Waals surface area contributed by atoms with Crippen molar-refractivity contribution in [2.45, 2.75) is 51.1 Å². The van der Waals surface area contributed by atoms with Crippen molar-refractivity contribution in [3.8, 4) is 5.75 Å². The van der Waals surface area contributed by atoms with Crippen molar-refractivity contribution in [2.75, 3.05) is 19.8 Å². The van der Waals surface area contributed by atoms with Gasteiger partial charge in [0.25, 0.3) is 5.91 Å². The molecule has 6 nitrogen and oxygen atoms in total. The first-order valence-electron chi connectivity index (χ1n) is 9.57. The summed E-state index contributed by atoms with van der Waals surface area (Å²) in [6.07, 6.45) is 4.10. The quantitative estimate of drug-likeness (QED) is 0.777. The Kier molecular flexibility index (Phi) is 6.96. The van der Waals surface area contributed by atoms with Gasteiger partial charge in [-0.1, -0.05) is 11.6 Å². The minimum atomic E-state index is -0.147. The lowest BCUT2D eigenvalue weighted by Crippen LogP contribution is -2.41. The summed E-state index contributed by atoms with van der Waals surface area (Å²) in [4.78, 5) is 24.5. The number of halogens is 1. The summed E-state index contributed by atoms with van der Waals surface area (Å²) < 4.78 is 10.9. The highest BCUT2D eigenvalue weighted by Crippen LogP contribution is 2.23. The first kappa shape index (κ1) is 20.0. The summed E-state index contributed by atoms with van der Waals surface area (Å²) >= 11 is 5.92. The molecule has 0 unspecified atom stereocenters. The molecule has 2 N–H and O–H groups in total. The molecule has 148 valence electrons. The average molecular weight is 395 g/mol. The van der Waals surface area contributed by atoms with Crippen LogP contribution < -0.4 is 15.4 Å². The minimum absolute atomic E-state index is 0.0297. The Labute approximate surface area is 164 Å². The largest absolute Gasteiger partial charge is 0.484 e. The van der Waals surface area contributed by atoms with Gasteiger partial charge < -0.3 is 20.1 Å². The van der Waals surface area contributed by atoms with Crippen molar-refractivity contribution in [3.63, 3.8) is 0 Å². The maximum Gasteiger partial charge on any atom is 0.258 e. The third kappa shape index (κ3) is 5.84. The molecule has 0 spiro atoms. The minimum Gasteiger partial charge on any atom is -0.484 e. The van der Waals surface area contributed by atoms with Gasteiger partial charge in [0.1, 0.15) is 5.75 Å². The van der Waals surface area contributed by atoms with Crippen molar-refractivity contribution in [2.24, 2.45) is 5.92 Å². The van der Waals surface area contributed by atoms with E-state index in [1.54, 1.807) is 18.2 Å². The van der Waals surface area contributed by atoms with Crippen LogP contribution in [-0.4, -0.2) is 43.7 Å². The number of ether oxygens (including phenoxy) is 2. The van der Waals surface area contributed by atoms with Crippen LogP contribution in [0.2, 0.25) is 5.02 Å². The fraction of sp³-hybridized carbons (Fsp3) is 0.600. The van der Waals surface area contributed by atoms with Gasteiger partial charge in [-0.05, 0) is 62.8 Å². The van der Waals surface area contributed by atoms with E-state index in [0.29, 0.717) is 24.0 Å². The molecule has 7 heteroatoms. The van der Waals surface area contributed by atoms with Crippen LogP contribution in [0.1, 0.15) is 37.7 Å².